The summed E-state index contributed by atoms with van der Waals surface area (Å²) in [5.74, 6) is 2.97. The molecule has 2 saturated heterocycles. The minimum atomic E-state index is -0.151. The van der Waals surface area contributed by atoms with Gasteiger partial charge in [0.1, 0.15) is 0 Å². The summed E-state index contributed by atoms with van der Waals surface area (Å²) in [6.45, 7) is 3.00. The third kappa shape index (κ3) is 5.06. The molecule has 2 aliphatic heterocycles. The van der Waals surface area contributed by atoms with Gasteiger partial charge in [0.15, 0.2) is 0 Å². The molecule has 0 spiro atoms. The first-order valence-corrected chi connectivity index (χ1v) is 10.9. The minimum Gasteiger partial charge on any atom is -0.343 e. The van der Waals surface area contributed by atoms with E-state index >= 15 is 0 Å². The van der Waals surface area contributed by atoms with Gasteiger partial charge in [-0.1, -0.05) is 25.2 Å². The van der Waals surface area contributed by atoms with Gasteiger partial charge in [-0.2, -0.15) is 0 Å². The highest BCUT2D eigenvalue weighted by atomic mass is 16.2. The van der Waals surface area contributed by atoms with Crippen molar-refractivity contribution in [3.05, 3.63) is 0 Å². The molecule has 6 nitrogen and oxygen atoms in total. The Morgan fingerprint density at radius 1 is 1.00 bits per heavy atom. The molecule has 0 unspecified atom stereocenters. The van der Waals surface area contributed by atoms with Gasteiger partial charge in [0, 0.05) is 45.1 Å². The quantitative estimate of drug-likeness (QED) is 0.628. The lowest BCUT2D eigenvalue weighted by atomic mass is 9.91. The summed E-state index contributed by atoms with van der Waals surface area (Å²) in [6.07, 6.45) is 14.6. The first-order valence-electron chi connectivity index (χ1n) is 10.9. The molecule has 0 bridgehead atoms. The van der Waals surface area contributed by atoms with Gasteiger partial charge in [0.05, 0.1) is 12.5 Å². The lowest BCUT2D eigenvalue weighted by molar-refractivity contribution is -0.144. The topological polar surface area (TPSA) is 60.9 Å². The summed E-state index contributed by atoms with van der Waals surface area (Å²) in [5, 5.41) is 0. The van der Waals surface area contributed by atoms with Crippen molar-refractivity contribution in [3.8, 4) is 12.3 Å². The zero-order valence-electron chi connectivity index (χ0n) is 16.9. The Balaban J connectivity index is 1.54. The fourth-order valence-corrected chi connectivity index (χ4v) is 4.84. The van der Waals surface area contributed by atoms with Gasteiger partial charge in [-0.15, -0.1) is 6.42 Å². The second kappa shape index (κ2) is 9.95. The molecule has 1 aliphatic carbocycles. The summed E-state index contributed by atoms with van der Waals surface area (Å²) in [7, 11) is 0. The van der Waals surface area contributed by atoms with E-state index in [1.807, 2.05) is 14.7 Å². The lowest BCUT2D eigenvalue weighted by Gasteiger charge is -2.38. The molecule has 0 aromatic rings. The van der Waals surface area contributed by atoms with Crippen LogP contribution in [0.5, 0.6) is 0 Å². The summed E-state index contributed by atoms with van der Waals surface area (Å²) in [4.78, 5) is 42.9. The molecule has 0 radical (unpaired) electrons. The van der Waals surface area contributed by atoms with Crippen LogP contribution in [0.3, 0.4) is 0 Å². The standard InChI is InChI=1S/C22H33N3O3/c1-2-13-25(19-8-4-3-5-9-19)22(28)18-11-12-21(27)24(17-18)16-7-15-23-14-6-10-20(23)26/h1,18-19H,3-17H2/t18-/m1/s1. The number of piperidine rings is 1. The molecule has 2 heterocycles. The first-order chi connectivity index (χ1) is 13.6. The van der Waals surface area contributed by atoms with E-state index in [0.29, 0.717) is 45.4 Å². The van der Waals surface area contributed by atoms with Crippen LogP contribution >= 0.6 is 0 Å². The summed E-state index contributed by atoms with van der Waals surface area (Å²) in [6, 6.07) is 0.254. The molecule has 0 N–H and O–H groups in total. The Hall–Kier alpha value is -2.03. The van der Waals surface area contributed by atoms with Gasteiger partial charge in [0.2, 0.25) is 17.7 Å². The Bertz CT molecular complexity index is 621. The van der Waals surface area contributed by atoms with E-state index in [4.69, 9.17) is 6.42 Å². The molecular weight excluding hydrogens is 354 g/mol. The monoisotopic (exact) mass is 387 g/mol. The normalized spacial score (nSPS) is 23.8. The molecule has 3 aliphatic rings. The number of hydrogen-bond donors (Lipinski definition) is 0. The molecular formula is C22H33N3O3. The molecule has 3 rings (SSSR count). The molecule has 1 saturated carbocycles. The summed E-state index contributed by atoms with van der Waals surface area (Å²) < 4.78 is 0. The van der Waals surface area contributed by atoms with E-state index < -0.39 is 0 Å². The van der Waals surface area contributed by atoms with Crippen LogP contribution in [0.4, 0.5) is 0 Å². The molecule has 3 fully saturated rings. The first kappa shape index (κ1) is 20.7. The molecule has 3 amide bonds. The van der Waals surface area contributed by atoms with Crippen molar-refractivity contribution in [3.63, 3.8) is 0 Å². The third-order valence-corrected chi connectivity index (χ3v) is 6.44. The number of nitrogens with zero attached hydrogens (tertiary/aromatic N) is 3. The van der Waals surface area contributed by atoms with Crippen LogP contribution in [0.25, 0.3) is 0 Å². The van der Waals surface area contributed by atoms with Gasteiger partial charge in [0.25, 0.3) is 0 Å². The molecule has 6 heteroatoms. The number of hydrogen-bond acceptors (Lipinski definition) is 3. The Labute approximate surface area is 168 Å². The van der Waals surface area contributed by atoms with Crippen molar-refractivity contribution in [1.82, 2.24) is 14.7 Å². The highest BCUT2D eigenvalue weighted by Crippen LogP contribution is 2.27. The SMILES string of the molecule is C#CCN(C(=O)[C@@H]1CCC(=O)N(CCCN2CCCC2=O)C1)C1CCCCC1. The van der Waals surface area contributed by atoms with Crippen molar-refractivity contribution in [2.24, 2.45) is 5.92 Å². The van der Waals surface area contributed by atoms with Crippen molar-refractivity contribution in [2.75, 3.05) is 32.7 Å². The van der Waals surface area contributed by atoms with E-state index in [0.717, 1.165) is 45.1 Å². The maximum atomic E-state index is 13.2. The van der Waals surface area contributed by atoms with Crippen LogP contribution in [0.2, 0.25) is 0 Å². The molecule has 0 aromatic carbocycles. The van der Waals surface area contributed by atoms with E-state index in [1.54, 1.807) is 0 Å². The van der Waals surface area contributed by atoms with E-state index in [2.05, 4.69) is 5.92 Å². The highest BCUT2D eigenvalue weighted by Gasteiger charge is 2.35. The zero-order valence-corrected chi connectivity index (χ0v) is 16.9. The van der Waals surface area contributed by atoms with Crippen molar-refractivity contribution in [2.45, 2.75) is 70.3 Å². The maximum absolute atomic E-state index is 13.2. The Morgan fingerprint density at radius 2 is 1.71 bits per heavy atom. The fraction of sp³-hybridized carbons (Fsp3) is 0.773. The summed E-state index contributed by atoms with van der Waals surface area (Å²) >= 11 is 0. The van der Waals surface area contributed by atoms with Crippen LogP contribution in [-0.2, 0) is 14.4 Å². The van der Waals surface area contributed by atoms with E-state index in [1.165, 1.54) is 6.42 Å². The van der Waals surface area contributed by atoms with Gasteiger partial charge < -0.3 is 14.7 Å². The number of rotatable bonds is 7. The number of terminal acetylenes is 1. The minimum absolute atomic E-state index is 0.122. The van der Waals surface area contributed by atoms with Crippen molar-refractivity contribution in [1.29, 1.82) is 0 Å². The van der Waals surface area contributed by atoms with Crippen LogP contribution < -0.4 is 0 Å². The zero-order chi connectivity index (χ0) is 19.9. The third-order valence-electron chi connectivity index (χ3n) is 6.44. The molecule has 0 aromatic heterocycles. The molecule has 28 heavy (non-hydrogen) atoms. The van der Waals surface area contributed by atoms with E-state index in [9.17, 15) is 14.4 Å². The average Bonchev–Trinajstić information content (AvgIpc) is 3.12. The lowest BCUT2D eigenvalue weighted by Crippen LogP contribution is -2.50. The second-order valence-corrected chi connectivity index (χ2v) is 8.38. The highest BCUT2D eigenvalue weighted by molar-refractivity contribution is 5.84. The Kier molecular flexibility index (Phi) is 7.36. The van der Waals surface area contributed by atoms with Gasteiger partial charge in [-0.3, -0.25) is 14.4 Å². The van der Waals surface area contributed by atoms with Crippen LogP contribution in [0.15, 0.2) is 0 Å². The number of carbonyl (C=O) groups is 3. The van der Waals surface area contributed by atoms with E-state index in [-0.39, 0.29) is 29.7 Å². The predicted octanol–water partition coefficient (Wildman–Crippen LogP) is 2.03. The van der Waals surface area contributed by atoms with Crippen molar-refractivity contribution >= 4 is 17.7 Å². The molecule has 1 atom stereocenters. The van der Waals surface area contributed by atoms with Gasteiger partial charge >= 0.3 is 0 Å². The second-order valence-electron chi connectivity index (χ2n) is 8.38. The van der Waals surface area contributed by atoms with Gasteiger partial charge in [-0.25, -0.2) is 0 Å². The van der Waals surface area contributed by atoms with Crippen LogP contribution in [-0.4, -0.2) is 71.2 Å². The van der Waals surface area contributed by atoms with Gasteiger partial charge in [-0.05, 0) is 32.1 Å². The largest absolute Gasteiger partial charge is 0.343 e. The fourth-order valence-electron chi connectivity index (χ4n) is 4.84. The van der Waals surface area contributed by atoms with Crippen LogP contribution in [0, 0.1) is 18.3 Å². The molecule has 154 valence electrons. The number of amides is 3. The number of likely N-dealkylation sites (tertiary alicyclic amines) is 2. The number of carbonyl (C=O) groups excluding carboxylic acids is 3. The summed E-state index contributed by atoms with van der Waals surface area (Å²) in [5.41, 5.74) is 0. The predicted molar refractivity (Wildman–Crippen MR) is 107 cm³/mol. The van der Waals surface area contributed by atoms with Crippen LogP contribution in [0.1, 0.15) is 64.2 Å². The van der Waals surface area contributed by atoms with Crippen molar-refractivity contribution < 1.29 is 14.4 Å². The Morgan fingerprint density at radius 3 is 2.39 bits per heavy atom. The maximum Gasteiger partial charge on any atom is 0.228 e. The average molecular weight is 388 g/mol. The smallest absolute Gasteiger partial charge is 0.228 e.